The standard InChI is InChI=1S/C22H25N3O4/c26-20(14-16-5-4-6-17(13-16)22(28)29)23-19-9-11-25(12-10-19)15-21(27)24-18-7-2-1-3-8-18/h1-8,13,19H,9-12,14-15H2,(H,23,26)(H,24,27)(H,28,29). The quantitative estimate of drug-likeness (QED) is 0.667. The van der Waals surface area contributed by atoms with E-state index >= 15 is 0 Å². The lowest BCUT2D eigenvalue weighted by molar-refractivity contribution is -0.122. The van der Waals surface area contributed by atoms with Crippen LogP contribution < -0.4 is 10.6 Å². The van der Waals surface area contributed by atoms with E-state index in [0.29, 0.717) is 12.1 Å². The molecule has 0 atom stereocenters. The first kappa shape index (κ1) is 20.5. The number of hydrogen-bond donors (Lipinski definition) is 3. The highest BCUT2D eigenvalue weighted by atomic mass is 16.4. The third-order valence-corrected chi connectivity index (χ3v) is 4.92. The van der Waals surface area contributed by atoms with Crippen molar-refractivity contribution in [3.8, 4) is 0 Å². The molecule has 0 unspecified atom stereocenters. The SMILES string of the molecule is O=C(CN1CCC(NC(=O)Cc2cccc(C(=O)O)c2)CC1)Nc1ccccc1. The highest BCUT2D eigenvalue weighted by Crippen LogP contribution is 2.12. The molecule has 1 saturated heterocycles. The molecule has 1 fully saturated rings. The zero-order valence-electron chi connectivity index (χ0n) is 16.1. The number of para-hydroxylation sites is 1. The molecule has 29 heavy (non-hydrogen) atoms. The van der Waals surface area contributed by atoms with E-state index in [1.54, 1.807) is 12.1 Å². The van der Waals surface area contributed by atoms with Crippen LogP contribution in [0.5, 0.6) is 0 Å². The molecule has 2 amide bonds. The maximum atomic E-state index is 12.3. The Hall–Kier alpha value is -3.19. The maximum Gasteiger partial charge on any atom is 0.335 e. The Morgan fingerprint density at radius 2 is 1.69 bits per heavy atom. The van der Waals surface area contributed by atoms with Gasteiger partial charge in [-0.05, 0) is 42.7 Å². The molecule has 3 N–H and O–H groups in total. The number of likely N-dealkylation sites (tertiary alicyclic amines) is 1. The van der Waals surface area contributed by atoms with Gasteiger partial charge in [0, 0.05) is 24.8 Å². The van der Waals surface area contributed by atoms with E-state index in [2.05, 4.69) is 15.5 Å². The van der Waals surface area contributed by atoms with E-state index in [1.165, 1.54) is 12.1 Å². The Morgan fingerprint density at radius 1 is 0.966 bits per heavy atom. The summed E-state index contributed by atoms with van der Waals surface area (Å²) in [5.41, 5.74) is 1.64. The van der Waals surface area contributed by atoms with Crippen molar-refractivity contribution in [2.75, 3.05) is 25.0 Å². The number of anilines is 1. The lowest BCUT2D eigenvalue weighted by atomic mass is 10.0. The van der Waals surface area contributed by atoms with E-state index < -0.39 is 5.97 Å². The lowest BCUT2D eigenvalue weighted by Crippen LogP contribution is -2.46. The van der Waals surface area contributed by atoms with Gasteiger partial charge in [-0.15, -0.1) is 0 Å². The molecule has 0 aromatic heterocycles. The molecule has 1 aliphatic rings. The fourth-order valence-electron chi connectivity index (χ4n) is 3.44. The predicted molar refractivity (Wildman–Crippen MR) is 110 cm³/mol. The van der Waals surface area contributed by atoms with Crippen molar-refractivity contribution in [3.05, 3.63) is 65.7 Å². The lowest BCUT2D eigenvalue weighted by Gasteiger charge is -2.31. The Kier molecular flexibility index (Phi) is 6.97. The fourth-order valence-corrected chi connectivity index (χ4v) is 3.44. The second kappa shape index (κ2) is 9.84. The van der Waals surface area contributed by atoms with Crippen LogP contribution in [0.1, 0.15) is 28.8 Å². The van der Waals surface area contributed by atoms with Crippen LogP contribution in [0.2, 0.25) is 0 Å². The number of carbonyl (C=O) groups excluding carboxylic acids is 2. The number of carboxylic acids is 1. The van der Waals surface area contributed by atoms with E-state index in [9.17, 15) is 14.4 Å². The molecule has 0 radical (unpaired) electrons. The molecule has 1 aliphatic heterocycles. The van der Waals surface area contributed by atoms with Gasteiger partial charge in [0.05, 0.1) is 18.5 Å². The highest BCUT2D eigenvalue weighted by molar-refractivity contribution is 5.92. The summed E-state index contributed by atoms with van der Waals surface area (Å²) in [5.74, 6) is -1.17. The van der Waals surface area contributed by atoms with Crippen LogP contribution >= 0.6 is 0 Å². The van der Waals surface area contributed by atoms with Crippen molar-refractivity contribution in [2.45, 2.75) is 25.3 Å². The average Bonchev–Trinajstić information content (AvgIpc) is 2.70. The monoisotopic (exact) mass is 395 g/mol. The second-order valence-electron chi connectivity index (χ2n) is 7.21. The van der Waals surface area contributed by atoms with E-state index in [4.69, 9.17) is 5.11 Å². The second-order valence-corrected chi connectivity index (χ2v) is 7.21. The molecule has 0 spiro atoms. The number of carboxylic acid groups (broad SMARTS) is 1. The summed E-state index contributed by atoms with van der Waals surface area (Å²) in [7, 11) is 0. The largest absolute Gasteiger partial charge is 0.478 e. The molecule has 2 aromatic rings. The molecule has 3 rings (SSSR count). The molecule has 0 bridgehead atoms. The first-order valence-electron chi connectivity index (χ1n) is 9.68. The summed E-state index contributed by atoms with van der Waals surface area (Å²) in [6, 6.07) is 15.9. The number of rotatable bonds is 7. The molecule has 2 aromatic carbocycles. The Labute approximate surface area is 169 Å². The van der Waals surface area contributed by atoms with E-state index in [1.807, 2.05) is 30.3 Å². The summed E-state index contributed by atoms with van der Waals surface area (Å²) < 4.78 is 0. The normalized spacial score (nSPS) is 14.9. The van der Waals surface area contributed by atoms with Crippen molar-refractivity contribution in [2.24, 2.45) is 0 Å². The molecule has 7 heteroatoms. The van der Waals surface area contributed by atoms with Gasteiger partial charge < -0.3 is 15.7 Å². The van der Waals surface area contributed by atoms with Crippen molar-refractivity contribution in [1.29, 1.82) is 0 Å². The topological polar surface area (TPSA) is 98.7 Å². The maximum absolute atomic E-state index is 12.3. The molecule has 152 valence electrons. The molecule has 7 nitrogen and oxygen atoms in total. The summed E-state index contributed by atoms with van der Waals surface area (Å²) in [6.45, 7) is 1.81. The van der Waals surface area contributed by atoms with Crippen molar-refractivity contribution in [1.82, 2.24) is 10.2 Å². The number of piperidine rings is 1. The smallest absolute Gasteiger partial charge is 0.335 e. The highest BCUT2D eigenvalue weighted by Gasteiger charge is 2.22. The minimum atomic E-state index is -1.00. The number of nitrogens with zero attached hydrogens (tertiary/aromatic N) is 1. The number of nitrogens with one attached hydrogen (secondary N) is 2. The summed E-state index contributed by atoms with van der Waals surface area (Å²) in [4.78, 5) is 37.6. The molecule has 0 saturated carbocycles. The fraction of sp³-hybridized carbons (Fsp3) is 0.318. The van der Waals surface area contributed by atoms with E-state index in [0.717, 1.165) is 31.6 Å². The van der Waals surface area contributed by atoms with Gasteiger partial charge in [0.2, 0.25) is 11.8 Å². The Morgan fingerprint density at radius 3 is 2.38 bits per heavy atom. The number of carbonyl (C=O) groups is 3. The number of aromatic carboxylic acids is 1. The van der Waals surface area contributed by atoms with Gasteiger partial charge >= 0.3 is 5.97 Å². The zero-order valence-corrected chi connectivity index (χ0v) is 16.1. The number of hydrogen-bond acceptors (Lipinski definition) is 4. The summed E-state index contributed by atoms with van der Waals surface area (Å²) in [6.07, 6.45) is 1.71. The predicted octanol–water partition coefficient (Wildman–Crippen LogP) is 2.15. The zero-order chi connectivity index (χ0) is 20.6. The van der Waals surface area contributed by atoms with Crippen molar-refractivity contribution >= 4 is 23.5 Å². The summed E-state index contributed by atoms with van der Waals surface area (Å²) in [5, 5.41) is 14.9. The molecule has 0 aliphatic carbocycles. The van der Waals surface area contributed by atoms with Gasteiger partial charge in [0.1, 0.15) is 0 Å². The van der Waals surface area contributed by atoms with Crippen LogP contribution in [0, 0.1) is 0 Å². The van der Waals surface area contributed by atoms with Crippen molar-refractivity contribution in [3.63, 3.8) is 0 Å². The van der Waals surface area contributed by atoms with Gasteiger partial charge in [0.25, 0.3) is 0 Å². The van der Waals surface area contributed by atoms with Crippen LogP contribution in [0.3, 0.4) is 0 Å². The van der Waals surface area contributed by atoms with Crippen molar-refractivity contribution < 1.29 is 19.5 Å². The van der Waals surface area contributed by atoms with Crippen LogP contribution in [0.25, 0.3) is 0 Å². The Bertz CT molecular complexity index is 861. The van der Waals surface area contributed by atoms with Crippen LogP contribution in [-0.2, 0) is 16.0 Å². The van der Waals surface area contributed by atoms with Gasteiger partial charge in [-0.25, -0.2) is 4.79 Å². The van der Waals surface area contributed by atoms with Crippen LogP contribution in [0.4, 0.5) is 5.69 Å². The third-order valence-electron chi connectivity index (χ3n) is 4.92. The van der Waals surface area contributed by atoms with E-state index in [-0.39, 0.29) is 29.8 Å². The van der Waals surface area contributed by atoms with Crippen LogP contribution in [0.15, 0.2) is 54.6 Å². The molecular weight excluding hydrogens is 370 g/mol. The molecular formula is C22H25N3O4. The minimum Gasteiger partial charge on any atom is -0.478 e. The summed E-state index contributed by atoms with van der Waals surface area (Å²) >= 11 is 0. The van der Waals surface area contributed by atoms with Gasteiger partial charge in [-0.2, -0.15) is 0 Å². The first-order valence-corrected chi connectivity index (χ1v) is 9.68. The average molecular weight is 395 g/mol. The van der Waals surface area contributed by atoms with Gasteiger partial charge in [-0.3, -0.25) is 14.5 Å². The van der Waals surface area contributed by atoms with Gasteiger partial charge in [0.15, 0.2) is 0 Å². The minimum absolute atomic E-state index is 0.0444. The third kappa shape index (κ3) is 6.43. The first-order chi connectivity index (χ1) is 14.0. The Balaban J connectivity index is 1.40. The van der Waals surface area contributed by atoms with Gasteiger partial charge in [-0.1, -0.05) is 30.3 Å². The number of benzene rings is 2. The van der Waals surface area contributed by atoms with Crippen LogP contribution in [-0.4, -0.2) is 53.5 Å². The molecule has 1 heterocycles. The number of amides is 2.